The van der Waals surface area contributed by atoms with Crippen molar-refractivity contribution in [3.63, 3.8) is 0 Å². The molecule has 1 aromatic heterocycles. The Kier molecular flexibility index (Phi) is 6.16. The highest BCUT2D eigenvalue weighted by Crippen LogP contribution is 2.09. The lowest BCUT2D eigenvalue weighted by atomic mass is 10.2. The second kappa shape index (κ2) is 7.44. The van der Waals surface area contributed by atoms with Crippen LogP contribution < -0.4 is 0 Å². The molecule has 0 radical (unpaired) electrons. The van der Waals surface area contributed by atoms with Crippen molar-refractivity contribution in [2.45, 2.75) is 58.9 Å². The smallest absolute Gasteiger partial charge is 0.0624 e. The van der Waals surface area contributed by atoms with Gasteiger partial charge in [0.05, 0.1) is 5.69 Å². The molecule has 0 fully saturated rings. The molecule has 16 heavy (non-hydrogen) atoms. The Morgan fingerprint density at radius 2 is 1.88 bits per heavy atom. The SMILES string of the molecule is CCc1cc(CC)n(CCCCCCO)n1. The van der Waals surface area contributed by atoms with Gasteiger partial charge in [0.25, 0.3) is 0 Å². The average molecular weight is 224 g/mol. The van der Waals surface area contributed by atoms with Crippen LogP contribution in [0.5, 0.6) is 0 Å². The van der Waals surface area contributed by atoms with Crippen LogP contribution in [0.15, 0.2) is 6.07 Å². The molecule has 0 aliphatic heterocycles. The first-order valence-corrected chi connectivity index (χ1v) is 6.48. The number of aryl methyl sites for hydroxylation is 3. The molecule has 1 rings (SSSR count). The second-order valence-corrected chi connectivity index (χ2v) is 4.20. The molecule has 0 aliphatic carbocycles. The van der Waals surface area contributed by atoms with Gasteiger partial charge in [-0.25, -0.2) is 0 Å². The highest BCUT2D eigenvalue weighted by Gasteiger charge is 2.04. The van der Waals surface area contributed by atoms with E-state index in [-0.39, 0.29) is 0 Å². The predicted octanol–water partition coefficient (Wildman–Crippen LogP) is 2.56. The Morgan fingerprint density at radius 3 is 2.50 bits per heavy atom. The standard InChI is InChI=1S/C13H24N2O/c1-3-12-11-13(4-2)15(14-12)9-7-5-6-8-10-16/h11,16H,3-10H2,1-2H3. The molecule has 1 N–H and O–H groups in total. The number of hydrogen-bond acceptors (Lipinski definition) is 2. The Labute approximate surface area is 98.5 Å². The molecule has 3 heteroatoms. The molecule has 0 spiro atoms. The van der Waals surface area contributed by atoms with Gasteiger partial charge in [-0.2, -0.15) is 5.10 Å². The summed E-state index contributed by atoms with van der Waals surface area (Å²) >= 11 is 0. The maximum atomic E-state index is 8.68. The highest BCUT2D eigenvalue weighted by molar-refractivity contribution is 5.10. The van der Waals surface area contributed by atoms with Gasteiger partial charge in [-0.1, -0.05) is 26.7 Å². The van der Waals surface area contributed by atoms with Gasteiger partial charge in [-0.15, -0.1) is 0 Å². The van der Waals surface area contributed by atoms with Gasteiger partial charge in [-0.05, 0) is 31.7 Å². The van der Waals surface area contributed by atoms with Crippen LogP contribution in [0.2, 0.25) is 0 Å². The molecular formula is C13H24N2O. The topological polar surface area (TPSA) is 38.0 Å². The first kappa shape index (κ1) is 13.2. The molecule has 0 saturated heterocycles. The molecule has 0 amide bonds. The minimum atomic E-state index is 0.321. The fraction of sp³-hybridized carbons (Fsp3) is 0.769. The monoisotopic (exact) mass is 224 g/mol. The Balaban J connectivity index is 2.37. The van der Waals surface area contributed by atoms with E-state index in [1.807, 2.05) is 0 Å². The van der Waals surface area contributed by atoms with Crippen LogP contribution in [0.1, 0.15) is 50.9 Å². The third-order valence-electron chi connectivity index (χ3n) is 2.92. The van der Waals surface area contributed by atoms with E-state index in [4.69, 9.17) is 5.11 Å². The van der Waals surface area contributed by atoms with Crippen LogP contribution >= 0.6 is 0 Å². The number of rotatable bonds is 8. The molecule has 0 atom stereocenters. The first-order valence-electron chi connectivity index (χ1n) is 6.48. The van der Waals surface area contributed by atoms with Crippen LogP contribution in [0, 0.1) is 0 Å². The lowest BCUT2D eigenvalue weighted by molar-refractivity contribution is 0.282. The van der Waals surface area contributed by atoms with Crippen molar-refractivity contribution < 1.29 is 5.11 Å². The zero-order chi connectivity index (χ0) is 11.8. The second-order valence-electron chi connectivity index (χ2n) is 4.20. The van der Waals surface area contributed by atoms with Gasteiger partial charge >= 0.3 is 0 Å². The van der Waals surface area contributed by atoms with Crippen molar-refractivity contribution in [2.24, 2.45) is 0 Å². The zero-order valence-electron chi connectivity index (χ0n) is 10.6. The van der Waals surface area contributed by atoms with Crippen molar-refractivity contribution >= 4 is 0 Å². The van der Waals surface area contributed by atoms with Crippen LogP contribution in [-0.2, 0) is 19.4 Å². The van der Waals surface area contributed by atoms with Crippen LogP contribution in [0.3, 0.4) is 0 Å². The van der Waals surface area contributed by atoms with E-state index >= 15 is 0 Å². The van der Waals surface area contributed by atoms with Crippen LogP contribution in [-0.4, -0.2) is 21.5 Å². The average Bonchev–Trinajstić information content (AvgIpc) is 2.71. The summed E-state index contributed by atoms with van der Waals surface area (Å²) in [7, 11) is 0. The molecule has 1 heterocycles. The fourth-order valence-electron chi connectivity index (χ4n) is 1.89. The Bertz CT molecular complexity index is 294. The van der Waals surface area contributed by atoms with E-state index in [2.05, 4.69) is 29.7 Å². The van der Waals surface area contributed by atoms with E-state index in [9.17, 15) is 0 Å². The van der Waals surface area contributed by atoms with E-state index in [1.54, 1.807) is 0 Å². The molecule has 0 aromatic carbocycles. The summed E-state index contributed by atoms with van der Waals surface area (Å²) < 4.78 is 2.15. The predicted molar refractivity (Wildman–Crippen MR) is 66.5 cm³/mol. The van der Waals surface area contributed by atoms with Crippen molar-refractivity contribution in [3.8, 4) is 0 Å². The Morgan fingerprint density at radius 1 is 1.12 bits per heavy atom. The molecule has 0 aliphatic rings. The van der Waals surface area contributed by atoms with Crippen molar-refractivity contribution in [1.29, 1.82) is 0 Å². The Hall–Kier alpha value is -0.830. The summed E-state index contributed by atoms with van der Waals surface area (Å²) in [6.45, 7) is 5.67. The normalized spacial score (nSPS) is 10.9. The largest absolute Gasteiger partial charge is 0.396 e. The number of hydrogen-bond donors (Lipinski definition) is 1. The minimum Gasteiger partial charge on any atom is -0.396 e. The maximum absolute atomic E-state index is 8.68. The quantitative estimate of drug-likeness (QED) is 0.689. The summed E-state index contributed by atoms with van der Waals surface area (Å²) in [5.74, 6) is 0. The first-order chi connectivity index (χ1) is 7.81. The third-order valence-corrected chi connectivity index (χ3v) is 2.92. The van der Waals surface area contributed by atoms with Crippen LogP contribution in [0.25, 0.3) is 0 Å². The molecule has 92 valence electrons. The maximum Gasteiger partial charge on any atom is 0.0624 e. The molecule has 0 bridgehead atoms. The lowest BCUT2D eigenvalue weighted by Crippen LogP contribution is -2.04. The van der Waals surface area contributed by atoms with Gasteiger partial charge < -0.3 is 5.11 Å². The van der Waals surface area contributed by atoms with Gasteiger partial charge in [-0.3, -0.25) is 4.68 Å². The van der Waals surface area contributed by atoms with E-state index in [1.165, 1.54) is 17.8 Å². The lowest BCUT2D eigenvalue weighted by Gasteiger charge is -2.05. The van der Waals surface area contributed by atoms with E-state index < -0.39 is 0 Å². The molecular weight excluding hydrogens is 200 g/mol. The van der Waals surface area contributed by atoms with Crippen molar-refractivity contribution in [3.05, 3.63) is 17.5 Å². The highest BCUT2D eigenvalue weighted by atomic mass is 16.2. The molecule has 0 unspecified atom stereocenters. The van der Waals surface area contributed by atoms with E-state index in [0.717, 1.165) is 38.6 Å². The zero-order valence-corrected chi connectivity index (χ0v) is 10.6. The summed E-state index contributed by atoms with van der Waals surface area (Å²) in [6.07, 6.45) is 6.48. The number of aromatic nitrogens is 2. The van der Waals surface area contributed by atoms with Gasteiger partial charge in [0.2, 0.25) is 0 Å². The van der Waals surface area contributed by atoms with Crippen molar-refractivity contribution in [2.75, 3.05) is 6.61 Å². The number of aliphatic hydroxyl groups excluding tert-OH is 1. The summed E-state index contributed by atoms with van der Waals surface area (Å²) in [5.41, 5.74) is 2.55. The van der Waals surface area contributed by atoms with Crippen LogP contribution in [0.4, 0.5) is 0 Å². The summed E-state index contributed by atoms with van der Waals surface area (Å²) in [5, 5.41) is 13.3. The van der Waals surface area contributed by atoms with Gasteiger partial charge in [0.15, 0.2) is 0 Å². The van der Waals surface area contributed by atoms with Crippen molar-refractivity contribution in [1.82, 2.24) is 9.78 Å². The molecule has 0 saturated carbocycles. The summed E-state index contributed by atoms with van der Waals surface area (Å²) in [6, 6.07) is 2.22. The third kappa shape index (κ3) is 3.97. The minimum absolute atomic E-state index is 0.321. The number of aliphatic hydroxyl groups is 1. The number of nitrogens with zero attached hydrogens (tertiary/aromatic N) is 2. The number of unbranched alkanes of at least 4 members (excludes halogenated alkanes) is 3. The van der Waals surface area contributed by atoms with Gasteiger partial charge in [0, 0.05) is 18.8 Å². The molecule has 1 aromatic rings. The fourth-order valence-corrected chi connectivity index (χ4v) is 1.89. The van der Waals surface area contributed by atoms with Gasteiger partial charge in [0.1, 0.15) is 0 Å². The molecule has 3 nitrogen and oxygen atoms in total. The van der Waals surface area contributed by atoms with E-state index in [0.29, 0.717) is 6.61 Å². The summed E-state index contributed by atoms with van der Waals surface area (Å²) in [4.78, 5) is 0.